The highest BCUT2D eigenvalue weighted by molar-refractivity contribution is 6.31. The van der Waals surface area contributed by atoms with Crippen LogP contribution in [0.4, 0.5) is 4.39 Å². The van der Waals surface area contributed by atoms with Crippen molar-refractivity contribution in [2.75, 3.05) is 13.2 Å². The van der Waals surface area contributed by atoms with E-state index in [1.165, 1.54) is 0 Å². The van der Waals surface area contributed by atoms with E-state index in [0.29, 0.717) is 47.7 Å². The second-order valence-corrected chi connectivity index (χ2v) is 11.4. The second kappa shape index (κ2) is 10.9. The van der Waals surface area contributed by atoms with Crippen LogP contribution < -0.4 is 0 Å². The lowest BCUT2D eigenvalue weighted by atomic mass is 9.87. The lowest BCUT2D eigenvalue weighted by Crippen LogP contribution is -2.40. The number of benzene rings is 2. The number of carbonyl (C=O) groups excluding carboxylic acids is 1. The lowest BCUT2D eigenvalue weighted by molar-refractivity contribution is -0.144. The first-order valence-electron chi connectivity index (χ1n) is 13.7. The number of amides is 1. The molecule has 6 rings (SSSR count). The Balaban J connectivity index is 1.13. The van der Waals surface area contributed by atoms with Gasteiger partial charge in [0, 0.05) is 35.6 Å². The summed E-state index contributed by atoms with van der Waals surface area (Å²) in [6.45, 7) is 0.311. The fourth-order valence-corrected chi connectivity index (χ4v) is 6.22. The molecule has 1 aliphatic heterocycles. The molecular formula is C30H31ClFN3O5. The number of fused-ring (bicyclic) bond motifs is 2. The molecule has 4 aromatic rings. The molecule has 0 radical (unpaired) electrons. The lowest BCUT2D eigenvalue weighted by Gasteiger charge is -2.29. The number of halogens is 2. The molecule has 210 valence electrons. The fraction of sp³-hybridized carbons (Fsp3) is 0.433. The number of aliphatic carboxylic acids is 1. The highest BCUT2D eigenvalue weighted by Gasteiger charge is 2.36. The largest absolute Gasteiger partial charge is 0.481 e. The number of rotatable bonds is 7. The van der Waals surface area contributed by atoms with Crippen molar-refractivity contribution in [2.24, 2.45) is 13.0 Å². The molecular weight excluding hydrogens is 537 g/mol. The van der Waals surface area contributed by atoms with Crippen molar-refractivity contribution in [2.45, 2.75) is 56.8 Å². The van der Waals surface area contributed by atoms with Crippen LogP contribution in [0.5, 0.6) is 0 Å². The summed E-state index contributed by atoms with van der Waals surface area (Å²) in [4.78, 5) is 30.7. The van der Waals surface area contributed by atoms with Gasteiger partial charge in [0.15, 0.2) is 5.58 Å². The van der Waals surface area contributed by atoms with Crippen molar-refractivity contribution < 1.29 is 28.2 Å². The van der Waals surface area contributed by atoms with Gasteiger partial charge in [-0.2, -0.15) is 0 Å². The van der Waals surface area contributed by atoms with Gasteiger partial charge in [0.1, 0.15) is 11.7 Å². The zero-order chi connectivity index (χ0) is 28.0. The molecule has 40 heavy (non-hydrogen) atoms. The van der Waals surface area contributed by atoms with Crippen molar-refractivity contribution in [3.63, 3.8) is 0 Å². The third-order valence-electron chi connectivity index (χ3n) is 8.22. The highest BCUT2D eigenvalue weighted by atomic mass is 35.5. The Kier molecular flexibility index (Phi) is 7.27. The Morgan fingerprint density at radius 1 is 1.18 bits per heavy atom. The molecule has 2 fully saturated rings. The van der Waals surface area contributed by atoms with E-state index in [1.54, 1.807) is 4.90 Å². The number of aromatic nitrogens is 2. The van der Waals surface area contributed by atoms with Gasteiger partial charge < -0.3 is 23.7 Å². The summed E-state index contributed by atoms with van der Waals surface area (Å²) in [7, 11) is 1.95. The molecule has 2 aromatic carbocycles. The van der Waals surface area contributed by atoms with Gasteiger partial charge in [-0.3, -0.25) is 9.59 Å². The van der Waals surface area contributed by atoms with E-state index >= 15 is 0 Å². The highest BCUT2D eigenvalue weighted by Crippen LogP contribution is 2.34. The normalized spacial score (nSPS) is 23.3. The number of nitrogens with zero attached hydrogens (tertiary/aromatic N) is 3. The molecule has 10 heteroatoms. The maximum absolute atomic E-state index is 14.4. The van der Waals surface area contributed by atoms with Crippen LogP contribution in [0.15, 0.2) is 47.0 Å². The van der Waals surface area contributed by atoms with Crippen LogP contribution in [0.3, 0.4) is 0 Å². The van der Waals surface area contributed by atoms with Gasteiger partial charge >= 0.3 is 5.97 Å². The van der Waals surface area contributed by atoms with Crippen LogP contribution in [-0.2, 0) is 27.8 Å². The number of oxazole rings is 1. The number of carboxylic acid groups (broad SMARTS) is 1. The molecule has 1 aliphatic carbocycles. The third-order valence-corrected chi connectivity index (χ3v) is 8.46. The molecule has 3 heterocycles. The summed E-state index contributed by atoms with van der Waals surface area (Å²) in [5.41, 5.74) is 3.85. The Morgan fingerprint density at radius 3 is 2.75 bits per heavy atom. The predicted octanol–water partition coefficient (Wildman–Crippen LogP) is 5.78. The number of hydrogen-bond acceptors (Lipinski definition) is 5. The van der Waals surface area contributed by atoms with Crippen molar-refractivity contribution in [3.05, 3.63) is 53.2 Å². The molecule has 0 spiro atoms. The number of likely N-dealkylation sites (tertiary alicyclic amines) is 1. The Hall–Kier alpha value is -3.43. The molecule has 1 N–H and O–H groups in total. The van der Waals surface area contributed by atoms with Gasteiger partial charge in [-0.05, 0) is 61.6 Å². The van der Waals surface area contributed by atoms with E-state index in [9.17, 15) is 19.1 Å². The number of hydrogen-bond donors (Lipinski definition) is 1. The van der Waals surface area contributed by atoms with Crippen molar-refractivity contribution >= 4 is 45.5 Å². The predicted molar refractivity (Wildman–Crippen MR) is 149 cm³/mol. The molecule has 1 saturated carbocycles. The SMILES string of the molecule is Cn1cc(-c2nc3ccc(CC(=O)N4C[C@@H](F)C[C@H]4CO[C@H]4CC[C@H](C(=O)O)CC4)cc3o2)c2cc(Cl)ccc21. The van der Waals surface area contributed by atoms with Gasteiger partial charge in [0.05, 0.1) is 43.2 Å². The summed E-state index contributed by atoms with van der Waals surface area (Å²) < 4.78 is 28.5. The summed E-state index contributed by atoms with van der Waals surface area (Å²) >= 11 is 6.24. The topological polar surface area (TPSA) is 97.8 Å². The molecule has 8 nitrogen and oxygen atoms in total. The quantitative estimate of drug-likeness (QED) is 0.304. The number of alkyl halides is 1. The molecule has 2 aromatic heterocycles. The van der Waals surface area contributed by atoms with Crippen molar-refractivity contribution in [1.82, 2.24) is 14.5 Å². The first kappa shape index (κ1) is 26.8. The summed E-state index contributed by atoms with van der Waals surface area (Å²) in [6, 6.07) is 10.9. The summed E-state index contributed by atoms with van der Waals surface area (Å²) in [5, 5.41) is 10.8. The zero-order valence-electron chi connectivity index (χ0n) is 22.2. The first-order valence-corrected chi connectivity index (χ1v) is 14.1. The van der Waals surface area contributed by atoms with Crippen LogP contribution in [0.2, 0.25) is 5.02 Å². The molecule has 1 amide bonds. The van der Waals surface area contributed by atoms with Gasteiger partial charge in [0.2, 0.25) is 11.8 Å². The minimum Gasteiger partial charge on any atom is -0.481 e. The minimum absolute atomic E-state index is 0.0490. The fourth-order valence-electron chi connectivity index (χ4n) is 6.05. The molecule has 0 unspecified atom stereocenters. The number of ether oxygens (including phenoxy) is 1. The summed E-state index contributed by atoms with van der Waals surface area (Å²) in [5.74, 6) is -0.765. The van der Waals surface area contributed by atoms with Crippen molar-refractivity contribution in [1.29, 1.82) is 0 Å². The molecule has 2 aliphatic rings. The van der Waals surface area contributed by atoms with Crippen LogP contribution in [0.1, 0.15) is 37.7 Å². The molecule has 2 atom stereocenters. The minimum atomic E-state index is -1.09. The molecule has 0 bridgehead atoms. The zero-order valence-corrected chi connectivity index (χ0v) is 22.9. The smallest absolute Gasteiger partial charge is 0.306 e. The molecule has 1 saturated heterocycles. The van der Waals surface area contributed by atoms with E-state index in [2.05, 4.69) is 4.98 Å². The van der Waals surface area contributed by atoms with Crippen LogP contribution >= 0.6 is 11.6 Å². The van der Waals surface area contributed by atoms with Gasteiger partial charge in [0.25, 0.3) is 0 Å². The standard InChI is InChI=1S/C30H31ClFN3O5/c1-34-15-24(23-12-19(31)5-9-26(23)34)29-33-25-8-2-17(10-27(25)40-29)11-28(36)35-14-20(32)13-21(35)16-39-22-6-3-18(4-7-22)30(37)38/h2,5,8-10,12,15,18,20-22H,3-4,6-7,11,13-14,16H2,1H3,(H,37,38)/t18-,20-,21-,22-/m0/s1. The maximum atomic E-state index is 14.4. The van der Waals surface area contributed by atoms with Gasteiger partial charge in [-0.25, -0.2) is 9.37 Å². The monoisotopic (exact) mass is 567 g/mol. The maximum Gasteiger partial charge on any atom is 0.306 e. The van der Waals surface area contributed by atoms with E-state index < -0.39 is 12.1 Å². The summed E-state index contributed by atoms with van der Waals surface area (Å²) in [6.07, 6.45) is 3.68. The van der Waals surface area contributed by atoms with Crippen LogP contribution in [0.25, 0.3) is 33.5 Å². The van der Waals surface area contributed by atoms with Gasteiger partial charge in [-0.15, -0.1) is 0 Å². The average molecular weight is 568 g/mol. The Bertz CT molecular complexity index is 1570. The van der Waals surface area contributed by atoms with E-state index in [4.69, 9.17) is 20.8 Å². The Labute approximate surface area is 235 Å². The van der Waals surface area contributed by atoms with Crippen LogP contribution in [-0.4, -0.2) is 62.9 Å². The number of aryl methyl sites for hydroxylation is 1. The second-order valence-electron chi connectivity index (χ2n) is 11.0. The third kappa shape index (κ3) is 5.32. The van der Waals surface area contributed by atoms with Crippen LogP contribution in [0, 0.1) is 5.92 Å². The van der Waals surface area contributed by atoms with E-state index in [-0.39, 0.29) is 50.0 Å². The number of carboxylic acids is 1. The number of carbonyl (C=O) groups is 2. The first-order chi connectivity index (χ1) is 19.2. The van der Waals surface area contributed by atoms with E-state index in [1.807, 2.05) is 54.2 Å². The van der Waals surface area contributed by atoms with Gasteiger partial charge in [-0.1, -0.05) is 17.7 Å². The Morgan fingerprint density at radius 2 is 1.98 bits per heavy atom. The van der Waals surface area contributed by atoms with Crippen molar-refractivity contribution in [3.8, 4) is 11.5 Å². The van der Waals surface area contributed by atoms with E-state index in [0.717, 1.165) is 22.0 Å². The average Bonchev–Trinajstić information content (AvgIpc) is 3.62.